The van der Waals surface area contributed by atoms with Crippen molar-refractivity contribution in [1.29, 1.82) is 0 Å². The van der Waals surface area contributed by atoms with Gasteiger partial charge in [-0.05, 0) is 21.5 Å². The normalized spacial score (nSPS) is 21.6. The first-order valence-electron chi connectivity index (χ1n) is 13.8. The van der Waals surface area contributed by atoms with Gasteiger partial charge in [-0.15, -0.1) is 0 Å². The van der Waals surface area contributed by atoms with Crippen molar-refractivity contribution in [3.8, 4) is 0 Å². The number of nitrogens with one attached hydrogen (secondary N) is 1. The van der Waals surface area contributed by atoms with Crippen LogP contribution in [0.3, 0.4) is 0 Å². The molecule has 0 unspecified atom stereocenters. The number of fused-ring (bicyclic) bond motifs is 1. The quantitative estimate of drug-likeness (QED) is 0.197. The number of rotatable bonds is 10. The molecule has 0 bridgehead atoms. The van der Waals surface area contributed by atoms with Crippen molar-refractivity contribution in [2.45, 2.75) is 50.3 Å². The van der Waals surface area contributed by atoms with Gasteiger partial charge < -0.3 is 14.1 Å². The molecule has 0 amide bonds. The second-order valence-corrected chi connectivity index (χ2v) is 19.3. The van der Waals surface area contributed by atoms with Gasteiger partial charge in [0.1, 0.15) is 17.9 Å². The highest BCUT2D eigenvalue weighted by Gasteiger charge is 2.55. The summed E-state index contributed by atoms with van der Waals surface area (Å²) in [5, 5.41) is 2.05. The Kier molecular flexibility index (Phi) is 8.76. The summed E-state index contributed by atoms with van der Waals surface area (Å²) in [5.74, 6) is 0. The van der Waals surface area contributed by atoms with E-state index in [9.17, 15) is 21.6 Å². The maximum absolute atomic E-state index is 13.1. The van der Waals surface area contributed by atoms with E-state index < -0.39 is 63.8 Å². The van der Waals surface area contributed by atoms with Crippen LogP contribution in [0.2, 0.25) is 5.04 Å². The van der Waals surface area contributed by atoms with Gasteiger partial charge in [0.15, 0.2) is 12.3 Å². The van der Waals surface area contributed by atoms with Gasteiger partial charge in [-0.3, -0.25) is 12.9 Å². The van der Waals surface area contributed by atoms with Gasteiger partial charge in [-0.2, -0.15) is 21.8 Å². The number of benzene rings is 2. The Morgan fingerprint density at radius 3 is 1.95 bits per heavy atom. The largest absolute Gasteiger partial charge is 0.405 e. The molecule has 4 atom stereocenters. The van der Waals surface area contributed by atoms with Crippen LogP contribution in [0, 0.1) is 0 Å². The number of ether oxygens (including phenoxy) is 1. The molecule has 44 heavy (non-hydrogen) atoms. The summed E-state index contributed by atoms with van der Waals surface area (Å²) in [5.41, 5.74) is -0.445. The standard InChI is InChI=1S/C29H35N3O9S2Si/c1-29(2,3)44(21-12-8-6-9-13-21,22-14-10-7-11-15-22)38-19-23-24(40-42(4,34)35)25(41-43(5,36)37)27(39-23)32-18-20-16-17-30-26(20)31-28(32)33/h6-18,23-25,27H,19H2,1-5H3,(H,30,31,33)/t23-,24-,25-,27-/m1/s1. The van der Waals surface area contributed by atoms with Crippen molar-refractivity contribution < 1.29 is 34.4 Å². The van der Waals surface area contributed by atoms with Crippen LogP contribution in [0.25, 0.3) is 11.0 Å². The van der Waals surface area contributed by atoms with Crippen molar-refractivity contribution in [2.24, 2.45) is 0 Å². The van der Waals surface area contributed by atoms with Crippen molar-refractivity contribution >= 4 is 50.0 Å². The second-order valence-electron chi connectivity index (χ2n) is 11.8. The molecule has 12 nitrogen and oxygen atoms in total. The summed E-state index contributed by atoms with van der Waals surface area (Å²) >= 11 is 0. The minimum absolute atomic E-state index is 0.206. The van der Waals surface area contributed by atoms with E-state index in [1.165, 1.54) is 6.20 Å². The number of nitrogens with zero attached hydrogens (tertiary/aromatic N) is 2. The average Bonchev–Trinajstić information content (AvgIpc) is 3.51. The molecule has 2 aromatic carbocycles. The lowest BCUT2D eigenvalue weighted by atomic mass is 10.1. The molecule has 1 fully saturated rings. The second kappa shape index (κ2) is 12.0. The third-order valence-electron chi connectivity index (χ3n) is 7.48. The molecular weight excluding hydrogens is 627 g/mol. The number of H-pyrrole nitrogens is 1. The summed E-state index contributed by atoms with van der Waals surface area (Å²) in [6.45, 7) is 6.03. The highest BCUT2D eigenvalue weighted by molar-refractivity contribution is 7.86. The molecule has 0 saturated carbocycles. The van der Waals surface area contributed by atoms with Crippen LogP contribution < -0.4 is 16.1 Å². The molecule has 2 aromatic heterocycles. The summed E-state index contributed by atoms with van der Waals surface area (Å²) in [6, 6.07) is 21.2. The van der Waals surface area contributed by atoms with E-state index in [0.717, 1.165) is 27.5 Å². The van der Waals surface area contributed by atoms with Gasteiger partial charge in [0, 0.05) is 17.8 Å². The first-order valence-corrected chi connectivity index (χ1v) is 19.4. The van der Waals surface area contributed by atoms with E-state index in [0.29, 0.717) is 11.0 Å². The average molecular weight is 662 g/mol. The van der Waals surface area contributed by atoms with E-state index in [1.54, 1.807) is 12.3 Å². The van der Waals surface area contributed by atoms with Crippen molar-refractivity contribution in [1.82, 2.24) is 14.5 Å². The predicted octanol–water partition coefficient (Wildman–Crippen LogP) is 1.89. The van der Waals surface area contributed by atoms with Crippen LogP contribution >= 0.6 is 0 Å². The van der Waals surface area contributed by atoms with Gasteiger partial charge >= 0.3 is 5.69 Å². The minimum Gasteiger partial charge on any atom is -0.405 e. The molecule has 15 heteroatoms. The lowest BCUT2D eigenvalue weighted by Gasteiger charge is -2.43. The zero-order valence-electron chi connectivity index (χ0n) is 24.9. The van der Waals surface area contributed by atoms with Gasteiger partial charge in [-0.1, -0.05) is 81.4 Å². The summed E-state index contributed by atoms with van der Waals surface area (Å²) in [6.07, 6.45) is -0.937. The lowest BCUT2D eigenvalue weighted by molar-refractivity contribution is -0.0476. The fourth-order valence-electron chi connectivity index (χ4n) is 5.77. The van der Waals surface area contributed by atoms with Crippen molar-refractivity contribution in [2.75, 3.05) is 19.1 Å². The zero-order chi connectivity index (χ0) is 31.9. The first kappa shape index (κ1) is 32.2. The third kappa shape index (κ3) is 6.58. The van der Waals surface area contributed by atoms with E-state index >= 15 is 0 Å². The van der Waals surface area contributed by atoms with Gasteiger partial charge in [0.05, 0.1) is 19.1 Å². The fraction of sp³-hybridized carbons (Fsp3) is 0.379. The Morgan fingerprint density at radius 1 is 0.886 bits per heavy atom. The summed E-state index contributed by atoms with van der Waals surface area (Å²) < 4.78 is 75.0. The molecule has 0 radical (unpaired) electrons. The molecule has 5 rings (SSSR count). The van der Waals surface area contributed by atoms with Gasteiger partial charge in [-0.25, -0.2) is 4.79 Å². The Labute approximate surface area is 257 Å². The highest BCUT2D eigenvalue weighted by atomic mass is 32.2. The van der Waals surface area contributed by atoms with Gasteiger partial charge in [0.25, 0.3) is 28.6 Å². The molecule has 4 aromatic rings. The van der Waals surface area contributed by atoms with E-state index in [2.05, 4.69) is 30.7 Å². The molecule has 0 spiro atoms. The first-order chi connectivity index (χ1) is 20.6. The minimum atomic E-state index is -4.19. The van der Waals surface area contributed by atoms with Crippen molar-refractivity contribution in [3.05, 3.63) is 89.6 Å². The van der Waals surface area contributed by atoms with Crippen LogP contribution in [0.15, 0.2) is 83.9 Å². The monoisotopic (exact) mass is 661 g/mol. The number of hydrogen-bond acceptors (Lipinski definition) is 10. The fourth-order valence-corrected chi connectivity index (χ4v) is 11.6. The van der Waals surface area contributed by atoms with E-state index in [4.69, 9.17) is 17.5 Å². The van der Waals surface area contributed by atoms with Crippen molar-refractivity contribution in [3.63, 3.8) is 0 Å². The maximum Gasteiger partial charge on any atom is 0.351 e. The summed E-state index contributed by atoms with van der Waals surface area (Å²) in [7, 11) is -11.5. The molecular formula is C29H35N3O9S2Si. The van der Waals surface area contributed by atoms with Crippen LogP contribution in [0.1, 0.15) is 27.0 Å². The van der Waals surface area contributed by atoms with E-state index in [1.807, 2.05) is 60.7 Å². The molecule has 1 N–H and O–H groups in total. The Bertz CT molecular complexity index is 1850. The Morgan fingerprint density at radius 2 is 1.43 bits per heavy atom. The maximum atomic E-state index is 13.1. The number of aromatic nitrogens is 3. The molecule has 1 aliphatic rings. The van der Waals surface area contributed by atoms with E-state index in [-0.39, 0.29) is 6.61 Å². The van der Waals surface area contributed by atoms with Crippen LogP contribution in [-0.2, 0) is 37.8 Å². The van der Waals surface area contributed by atoms with Crippen LogP contribution in [-0.4, -0.2) is 77.1 Å². The third-order valence-corrected chi connectivity index (χ3v) is 13.6. The predicted molar refractivity (Wildman–Crippen MR) is 167 cm³/mol. The van der Waals surface area contributed by atoms with Crippen LogP contribution in [0.5, 0.6) is 0 Å². The Hall–Kier alpha value is -3.18. The smallest absolute Gasteiger partial charge is 0.351 e. The lowest BCUT2D eigenvalue weighted by Crippen LogP contribution is -2.67. The molecule has 236 valence electrons. The molecule has 3 heterocycles. The molecule has 1 aliphatic heterocycles. The van der Waals surface area contributed by atoms with Crippen LogP contribution in [0.4, 0.5) is 0 Å². The molecule has 1 saturated heterocycles. The highest BCUT2D eigenvalue weighted by Crippen LogP contribution is 2.39. The zero-order valence-corrected chi connectivity index (χ0v) is 27.5. The topological polar surface area (TPSA) is 156 Å². The van der Waals surface area contributed by atoms with Gasteiger partial charge in [0.2, 0.25) is 0 Å². The SMILES string of the molecule is CC(C)(C)[Si](OC[C@H]1O[C@@H](n2cc3cc[nH]c3nc2=O)[C@H](OS(C)(=O)=O)[C@@H]1OS(C)(=O)=O)(c1ccccc1)c1ccccc1. The molecule has 0 aliphatic carbocycles. The Balaban J connectivity index is 1.62. The number of hydrogen-bond donors (Lipinski definition) is 1. The number of aromatic amines is 1. The summed E-state index contributed by atoms with van der Waals surface area (Å²) in [4.78, 5) is 20.0.